The molecular weight excluding hydrogens is 517 g/mol. The molecule has 210 valence electrons. The van der Waals surface area contributed by atoms with E-state index in [1.165, 1.54) is 0 Å². The molecule has 0 bridgehead atoms. The van der Waals surface area contributed by atoms with Crippen LogP contribution in [0.15, 0.2) is 33.3 Å². The number of hydrogen-bond acceptors (Lipinski definition) is 8. The highest BCUT2D eigenvalue weighted by Crippen LogP contribution is 2.45. The van der Waals surface area contributed by atoms with Crippen molar-refractivity contribution >= 4 is 5.97 Å². The SMILES string of the molecule is O=C(O)CC1CCCN(CC(O)c2ccc(-c3noc(-c4noc(C5CCCCC5)c4C(F)(F)F)n3)cc2)C1. The number of rotatable bonds is 8. The minimum Gasteiger partial charge on any atom is -0.481 e. The molecule has 2 atom stereocenters. The van der Waals surface area contributed by atoms with Crippen LogP contribution in [0.5, 0.6) is 0 Å². The van der Waals surface area contributed by atoms with Gasteiger partial charge in [-0.15, -0.1) is 0 Å². The Morgan fingerprint density at radius 3 is 2.49 bits per heavy atom. The fraction of sp³-hybridized carbons (Fsp3) is 0.556. The van der Waals surface area contributed by atoms with E-state index in [0.29, 0.717) is 37.1 Å². The lowest BCUT2D eigenvalue weighted by molar-refractivity contribution is -0.139. The predicted molar refractivity (Wildman–Crippen MR) is 132 cm³/mol. The molecule has 1 aromatic carbocycles. The lowest BCUT2D eigenvalue weighted by Crippen LogP contribution is -2.38. The van der Waals surface area contributed by atoms with Crippen LogP contribution < -0.4 is 0 Å². The molecule has 1 saturated heterocycles. The van der Waals surface area contributed by atoms with E-state index in [1.54, 1.807) is 24.3 Å². The summed E-state index contributed by atoms with van der Waals surface area (Å²) in [5.74, 6) is -1.53. The second-order valence-corrected chi connectivity index (χ2v) is 10.5. The summed E-state index contributed by atoms with van der Waals surface area (Å²) in [6.45, 7) is 1.79. The number of likely N-dealkylation sites (tertiary alicyclic amines) is 1. The van der Waals surface area contributed by atoms with E-state index in [2.05, 4.69) is 20.2 Å². The van der Waals surface area contributed by atoms with Crippen LogP contribution in [0.1, 0.15) is 80.3 Å². The normalized spacial score (nSPS) is 20.3. The molecule has 2 aromatic heterocycles. The van der Waals surface area contributed by atoms with Crippen molar-refractivity contribution in [3.63, 3.8) is 0 Å². The molecule has 12 heteroatoms. The quantitative estimate of drug-likeness (QED) is 0.366. The molecule has 2 fully saturated rings. The maximum atomic E-state index is 14.0. The van der Waals surface area contributed by atoms with Crippen LogP contribution in [-0.2, 0) is 11.0 Å². The Labute approximate surface area is 223 Å². The molecule has 1 aliphatic heterocycles. The molecule has 0 spiro atoms. The topological polar surface area (TPSA) is 126 Å². The Balaban J connectivity index is 1.29. The highest BCUT2D eigenvalue weighted by molar-refractivity contribution is 5.67. The van der Waals surface area contributed by atoms with Crippen LogP contribution in [-0.4, -0.2) is 56.0 Å². The maximum Gasteiger partial charge on any atom is 0.422 e. The first-order valence-electron chi connectivity index (χ1n) is 13.3. The van der Waals surface area contributed by atoms with Crippen molar-refractivity contribution in [1.82, 2.24) is 20.2 Å². The van der Waals surface area contributed by atoms with Gasteiger partial charge in [-0.1, -0.05) is 53.8 Å². The molecule has 3 heterocycles. The summed E-state index contributed by atoms with van der Waals surface area (Å²) in [4.78, 5) is 17.3. The number of halogens is 3. The predicted octanol–water partition coefficient (Wildman–Crippen LogP) is 5.68. The van der Waals surface area contributed by atoms with E-state index in [0.717, 1.165) is 38.6 Å². The van der Waals surface area contributed by atoms with Crippen LogP contribution in [0, 0.1) is 5.92 Å². The van der Waals surface area contributed by atoms with Gasteiger partial charge in [0.25, 0.3) is 5.89 Å². The second-order valence-electron chi connectivity index (χ2n) is 10.5. The zero-order valence-electron chi connectivity index (χ0n) is 21.4. The van der Waals surface area contributed by atoms with Gasteiger partial charge >= 0.3 is 12.1 Å². The fourth-order valence-electron chi connectivity index (χ4n) is 5.74. The third-order valence-electron chi connectivity index (χ3n) is 7.66. The summed E-state index contributed by atoms with van der Waals surface area (Å²) in [6.07, 6.45) is 0.309. The van der Waals surface area contributed by atoms with Gasteiger partial charge in [-0.05, 0) is 43.7 Å². The summed E-state index contributed by atoms with van der Waals surface area (Å²) in [7, 11) is 0. The average Bonchev–Trinajstić information content (AvgIpc) is 3.57. The molecule has 39 heavy (non-hydrogen) atoms. The van der Waals surface area contributed by atoms with Crippen molar-refractivity contribution in [2.45, 2.75) is 69.6 Å². The number of carboxylic acid groups (broad SMARTS) is 1. The van der Waals surface area contributed by atoms with E-state index in [1.807, 2.05) is 0 Å². The third-order valence-corrected chi connectivity index (χ3v) is 7.66. The Morgan fingerprint density at radius 2 is 1.79 bits per heavy atom. The van der Waals surface area contributed by atoms with Gasteiger partial charge in [-0.3, -0.25) is 4.79 Å². The number of benzene rings is 1. The first-order chi connectivity index (χ1) is 18.7. The second kappa shape index (κ2) is 11.5. The molecule has 3 aromatic rings. The number of piperidine rings is 1. The summed E-state index contributed by atoms with van der Waals surface area (Å²) in [5, 5.41) is 27.3. The van der Waals surface area contributed by atoms with E-state index in [9.17, 15) is 23.1 Å². The van der Waals surface area contributed by atoms with Crippen LogP contribution >= 0.6 is 0 Å². The number of alkyl halides is 3. The number of aliphatic carboxylic acids is 1. The van der Waals surface area contributed by atoms with E-state index >= 15 is 0 Å². The molecule has 2 N–H and O–H groups in total. The van der Waals surface area contributed by atoms with Crippen LogP contribution in [0.2, 0.25) is 0 Å². The Morgan fingerprint density at radius 1 is 1.05 bits per heavy atom. The summed E-state index contributed by atoms with van der Waals surface area (Å²) < 4.78 is 52.5. The highest BCUT2D eigenvalue weighted by Gasteiger charge is 2.44. The number of aliphatic hydroxyl groups is 1. The number of hydrogen-bond donors (Lipinski definition) is 2. The Kier molecular flexibility index (Phi) is 8.03. The van der Waals surface area contributed by atoms with Crippen molar-refractivity contribution in [3.8, 4) is 23.0 Å². The molecule has 2 unspecified atom stereocenters. The van der Waals surface area contributed by atoms with Gasteiger partial charge in [0, 0.05) is 31.0 Å². The number of nitrogens with zero attached hydrogens (tertiary/aromatic N) is 4. The lowest BCUT2D eigenvalue weighted by Gasteiger charge is -2.33. The van der Waals surface area contributed by atoms with Crippen molar-refractivity contribution < 1.29 is 37.2 Å². The molecule has 0 radical (unpaired) electrons. The molecule has 5 rings (SSSR count). The smallest absolute Gasteiger partial charge is 0.422 e. The lowest BCUT2D eigenvalue weighted by atomic mass is 9.85. The van der Waals surface area contributed by atoms with Crippen molar-refractivity contribution in [2.24, 2.45) is 5.92 Å². The van der Waals surface area contributed by atoms with Crippen molar-refractivity contribution in [1.29, 1.82) is 0 Å². The number of carbonyl (C=O) groups is 1. The molecule has 1 aliphatic carbocycles. The van der Waals surface area contributed by atoms with Gasteiger partial charge < -0.3 is 24.2 Å². The summed E-state index contributed by atoms with van der Waals surface area (Å²) >= 11 is 0. The monoisotopic (exact) mass is 548 g/mol. The highest BCUT2D eigenvalue weighted by atomic mass is 19.4. The average molecular weight is 549 g/mol. The van der Waals surface area contributed by atoms with Crippen LogP contribution in [0.4, 0.5) is 13.2 Å². The molecular formula is C27H31F3N4O5. The molecule has 0 amide bonds. The zero-order chi connectivity index (χ0) is 27.6. The largest absolute Gasteiger partial charge is 0.481 e. The van der Waals surface area contributed by atoms with Gasteiger partial charge in [0.15, 0.2) is 11.5 Å². The van der Waals surface area contributed by atoms with Crippen molar-refractivity contribution in [2.75, 3.05) is 19.6 Å². The van der Waals surface area contributed by atoms with Crippen LogP contribution in [0.3, 0.4) is 0 Å². The first-order valence-corrected chi connectivity index (χ1v) is 13.3. The summed E-state index contributed by atoms with van der Waals surface area (Å²) in [5.41, 5.74) is -0.302. The number of aliphatic hydroxyl groups excluding tert-OH is 1. The van der Waals surface area contributed by atoms with Gasteiger partial charge in [0.1, 0.15) is 5.56 Å². The molecule has 2 aliphatic rings. The van der Waals surface area contributed by atoms with Gasteiger partial charge in [0.05, 0.1) is 6.10 Å². The zero-order valence-corrected chi connectivity index (χ0v) is 21.4. The van der Waals surface area contributed by atoms with Gasteiger partial charge in [0.2, 0.25) is 5.82 Å². The van der Waals surface area contributed by atoms with Crippen molar-refractivity contribution in [3.05, 3.63) is 41.2 Å². The van der Waals surface area contributed by atoms with Gasteiger partial charge in [-0.2, -0.15) is 18.2 Å². The van der Waals surface area contributed by atoms with Gasteiger partial charge in [-0.25, -0.2) is 0 Å². The molecule has 9 nitrogen and oxygen atoms in total. The standard InChI is InChI=1S/C27H31F3N4O5/c28-27(29,30)22-23(32-38-24(22)18-6-2-1-3-7-18)26-31-25(33-39-26)19-10-8-17(9-11-19)20(35)15-34-12-4-5-16(14-34)13-21(36)37/h8-11,16,18,20,35H,1-7,12-15H2,(H,36,37). The van der Waals surface area contributed by atoms with E-state index in [4.69, 9.17) is 14.2 Å². The number of carboxylic acids is 1. The Hall–Kier alpha value is -3.25. The minimum absolute atomic E-state index is 0.0691. The maximum absolute atomic E-state index is 14.0. The van der Waals surface area contributed by atoms with Crippen LogP contribution in [0.25, 0.3) is 23.0 Å². The summed E-state index contributed by atoms with van der Waals surface area (Å²) in [6, 6.07) is 6.73. The minimum atomic E-state index is -4.68. The Bertz CT molecular complexity index is 1270. The number of aromatic nitrogens is 3. The molecule has 1 saturated carbocycles. The third kappa shape index (κ3) is 6.33. The first kappa shape index (κ1) is 27.3. The fourth-order valence-corrected chi connectivity index (χ4v) is 5.74. The number of β-amino-alcohol motifs (C(OH)–C–C–N with tert-alkyl or cyclic N) is 1. The van der Waals surface area contributed by atoms with E-state index in [-0.39, 0.29) is 35.7 Å². The van der Waals surface area contributed by atoms with E-state index < -0.39 is 29.5 Å².